The lowest BCUT2D eigenvalue weighted by Crippen LogP contribution is -2.23. The molecule has 2 aromatic carbocycles. The fourth-order valence-corrected chi connectivity index (χ4v) is 2.38. The van der Waals surface area contributed by atoms with Gasteiger partial charge in [-0.05, 0) is 18.2 Å². The molecule has 0 radical (unpaired) electrons. The van der Waals surface area contributed by atoms with Crippen LogP contribution < -0.4 is 19.5 Å². The molecule has 9 nitrogen and oxygen atoms in total. The number of aromatic hydroxyl groups is 1. The number of hydrogen-bond donors (Lipinski definition) is 2. The van der Waals surface area contributed by atoms with Gasteiger partial charge in [0.2, 0.25) is 5.75 Å². The summed E-state index contributed by atoms with van der Waals surface area (Å²) in [6.07, 6.45) is 0. The van der Waals surface area contributed by atoms with Crippen molar-refractivity contribution in [2.45, 2.75) is 6.54 Å². The number of amides is 1. The van der Waals surface area contributed by atoms with Crippen LogP contribution in [-0.2, 0) is 6.54 Å². The SMILES string of the molecule is COc1ccc(C(=O)NCc2cc([N+](=O)[O-])ccc2O)c(OC)c1OC. The van der Waals surface area contributed by atoms with Gasteiger partial charge >= 0.3 is 0 Å². The number of nitro groups is 1. The van der Waals surface area contributed by atoms with Gasteiger partial charge in [-0.15, -0.1) is 0 Å². The van der Waals surface area contributed by atoms with Crippen molar-refractivity contribution in [1.29, 1.82) is 0 Å². The second-order valence-electron chi connectivity index (χ2n) is 5.13. The highest BCUT2D eigenvalue weighted by Crippen LogP contribution is 2.39. The van der Waals surface area contributed by atoms with Gasteiger partial charge in [-0.2, -0.15) is 0 Å². The molecule has 26 heavy (non-hydrogen) atoms. The van der Waals surface area contributed by atoms with Crippen molar-refractivity contribution in [2.24, 2.45) is 0 Å². The van der Waals surface area contributed by atoms with E-state index in [4.69, 9.17) is 14.2 Å². The van der Waals surface area contributed by atoms with Crippen molar-refractivity contribution in [1.82, 2.24) is 5.32 Å². The van der Waals surface area contributed by atoms with E-state index in [-0.39, 0.29) is 40.6 Å². The van der Waals surface area contributed by atoms with E-state index in [0.29, 0.717) is 5.75 Å². The van der Waals surface area contributed by atoms with Gasteiger partial charge < -0.3 is 24.6 Å². The lowest BCUT2D eigenvalue weighted by molar-refractivity contribution is -0.384. The number of rotatable bonds is 7. The smallest absolute Gasteiger partial charge is 0.270 e. The van der Waals surface area contributed by atoms with Gasteiger partial charge in [-0.3, -0.25) is 14.9 Å². The Labute approximate surface area is 149 Å². The molecular formula is C17H18N2O7. The van der Waals surface area contributed by atoms with Crippen LogP contribution in [0.5, 0.6) is 23.0 Å². The topological polar surface area (TPSA) is 120 Å². The van der Waals surface area contributed by atoms with Gasteiger partial charge in [-0.25, -0.2) is 0 Å². The number of carbonyl (C=O) groups is 1. The Balaban J connectivity index is 2.26. The second-order valence-corrected chi connectivity index (χ2v) is 5.13. The van der Waals surface area contributed by atoms with E-state index in [1.54, 1.807) is 6.07 Å². The lowest BCUT2D eigenvalue weighted by atomic mass is 10.1. The summed E-state index contributed by atoms with van der Waals surface area (Å²) < 4.78 is 15.6. The maximum Gasteiger partial charge on any atom is 0.270 e. The molecule has 0 saturated heterocycles. The molecule has 2 N–H and O–H groups in total. The van der Waals surface area contributed by atoms with Crippen LogP contribution in [0.3, 0.4) is 0 Å². The third kappa shape index (κ3) is 3.77. The molecule has 2 aromatic rings. The molecule has 0 aliphatic rings. The van der Waals surface area contributed by atoms with Gasteiger partial charge in [-0.1, -0.05) is 0 Å². The van der Waals surface area contributed by atoms with Gasteiger partial charge in [0, 0.05) is 24.2 Å². The van der Waals surface area contributed by atoms with E-state index < -0.39 is 10.8 Å². The molecule has 0 saturated carbocycles. The standard InChI is InChI=1S/C17H18N2O7/c1-24-14-7-5-12(15(25-2)16(14)26-3)17(21)18-9-10-8-11(19(22)23)4-6-13(10)20/h4-8,20H,9H2,1-3H3,(H,18,21). The lowest BCUT2D eigenvalue weighted by Gasteiger charge is -2.15. The quantitative estimate of drug-likeness (QED) is 0.572. The average Bonchev–Trinajstić information content (AvgIpc) is 2.65. The minimum Gasteiger partial charge on any atom is -0.508 e. The molecule has 0 atom stereocenters. The molecule has 0 heterocycles. The summed E-state index contributed by atoms with van der Waals surface area (Å²) in [5, 5.41) is 23.2. The predicted octanol–water partition coefficient (Wildman–Crippen LogP) is 2.26. The van der Waals surface area contributed by atoms with Crippen molar-refractivity contribution in [2.75, 3.05) is 21.3 Å². The predicted molar refractivity (Wildman–Crippen MR) is 92.0 cm³/mol. The normalized spacial score (nSPS) is 10.1. The summed E-state index contributed by atoms with van der Waals surface area (Å²) in [4.78, 5) is 22.7. The number of methoxy groups -OCH3 is 3. The van der Waals surface area contributed by atoms with Crippen LogP contribution in [0.15, 0.2) is 30.3 Å². The van der Waals surface area contributed by atoms with E-state index in [0.717, 1.165) is 0 Å². The molecule has 1 amide bonds. The number of ether oxygens (including phenoxy) is 3. The van der Waals surface area contributed by atoms with Crippen LogP contribution in [0.2, 0.25) is 0 Å². The third-order valence-electron chi connectivity index (χ3n) is 3.66. The largest absolute Gasteiger partial charge is 0.508 e. The third-order valence-corrected chi connectivity index (χ3v) is 3.66. The van der Waals surface area contributed by atoms with E-state index in [9.17, 15) is 20.0 Å². The zero-order valence-electron chi connectivity index (χ0n) is 14.4. The number of phenols is 1. The Kier molecular flexibility index (Phi) is 5.84. The molecule has 0 aliphatic heterocycles. The summed E-state index contributed by atoms with van der Waals surface area (Å²) in [5.74, 6) is 0.189. The van der Waals surface area contributed by atoms with E-state index in [1.165, 1.54) is 45.6 Å². The summed E-state index contributed by atoms with van der Waals surface area (Å²) in [6.45, 7) is -0.107. The molecule has 0 aliphatic carbocycles. The van der Waals surface area contributed by atoms with Crippen molar-refractivity contribution < 1.29 is 29.0 Å². The first-order valence-corrected chi connectivity index (χ1v) is 7.46. The van der Waals surface area contributed by atoms with Crippen LogP contribution in [0.4, 0.5) is 5.69 Å². The molecule has 0 spiro atoms. The number of nitrogens with zero attached hydrogens (tertiary/aromatic N) is 1. The number of benzene rings is 2. The molecule has 0 fully saturated rings. The van der Waals surface area contributed by atoms with Crippen LogP contribution >= 0.6 is 0 Å². The van der Waals surface area contributed by atoms with Gasteiger partial charge in [0.25, 0.3) is 11.6 Å². The summed E-state index contributed by atoms with van der Waals surface area (Å²) in [5.41, 5.74) is 0.220. The number of non-ortho nitro benzene ring substituents is 1. The Morgan fingerprint density at radius 3 is 2.38 bits per heavy atom. The zero-order chi connectivity index (χ0) is 19.3. The molecule has 9 heteroatoms. The van der Waals surface area contributed by atoms with Crippen LogP contribution in [0.25, 0.3) is 0 Å². The summed E-state index contributed by atoms with van der Waals surface area (Å²) in [6, 6.07) is 6.64. The number of carbonyl (C=O) groups excluding carboxylic acids is 1. The van der Waals surface area contributed by atoms with Crippen molar-refractivity contribution in [3.63, 3.8) is 0 Å². The summed E-state index contributed by atoms with van der Waals surface area (Å²) >= 11 is 0. The molecule has 0 aromatic heterocycles. The number of nitrogens with one attached hydrogen (secondary N) is 1. The zero-order valence-corrected chi connectivity index (χ0v) is 14.4. The Bertz CT molecular complexity index is 836. The highest BCUT2D eigenvalue weighted by atomic mass is 16.6. The van der Waals surface area contributed by atoms with Crippen LogP contribution in [0.1, 0.15) is 15.9 Å². The van der Waals surface area contributed by atoms with Crippen LogP contribution in [0, 0.1) is 10.1 Å². The van der Waals surface area contributed by atoms with Gasteiger partial charge in [0.1, 0.15) is 5.75 Å². The molecule has 0 bridgehead atoms. The first kappa shape index (κ1) is 18.8. The van der Waals surface area contributed by atoms with E-state index in [2.05, 4.69) is 5.32 Å². The minimum atomic E-state index is -0.581. The first-order chi connectivity index (χ1) is 12.4. The van der Waals surface area contributed by atoms with Gasteiger partial charge in [0.05, 0.1) is 31.8 Å². The van der Waals surface area contributed by atoms with Gasteiger partial charge in [0.15, 0.2) is 11.5 Å². The highest BCUT2D eigenvalue weighted by molar-refractivity contribution is 5.98. The summed E-state index contributed by atoms with van der Waals surface area (Å²) in [7, 11) is 4.27. The van der Waals surface area contributed by atoms with Crippen molar-refractivity contribution in [3.05, 3.63) is 51.6 Å². The fraction of sp³-hybridized carbons (Fsp3) is 0.235. The maximum atomic E-state index is 12.5. The van der Waals surface area contributed by atoms with E-state index >= 15 is 0 Å². The Hall–Kier alpha value is -3.49. The van der Waals surface area contributed by atoms with E-state index in [1.807, 2.05) is 0 Å². The Morgan fingerprint density at radius 2 is 1.81 bits per heavy atom. The molecule has 138 valence electrons. The Morgan fingerprint density at radius 1 is 1.12 bits per heavy atom. The highest BCUT2D eigenvalue weighted by Gasteiger charge is 2.21. The monoisotopic (exact) mass is 362 g/mol. The van der Waals surface area contributed by atoms with Crippen LogP contribution in [-0.4, -0.2) is 37.3 Å². The minimum absolute atomic E-state index is 0.107. The molecule has 2 rings (SSSR count). The number of hydrogen-bond acceptors (Lipinski definition) is 7. The maximum absolute atomic E-state index is 12.5. The first-order valence-electron chi connectivity index (χ1n) is 7.46. The van der Waals surface area contributed by atoms with Crippen molar-refractivity contribution >= 4 is 11.6 Å². The number of phenolic OH excluding ortho intramolecular Hbond substituents is 1. The second kappa shape index (κ2) is 8.06. The van der Waals surface area contributed by atoms with Crippen molar-refractivity contribution in [3.8, 4) is 23.0 Å². The molecular weight excluding hydrogens is 344 g/mol. The molecule has 0 unspecified atom stereocenters. The number of nitro benzene ring substituents is 1. The fourth-order valence-electron chi connectivity index (χ4n) is 2.38. The average molecular weight is 362 g/mol.